The Morgan fingerprint density at radius 3 is 2.27 bits per heavy atom. The highest BCUT2D eigenvalue weighted by molar-refractivity contribution is 9.10. The third kappa shape index (κ3) is 3.55. The van der Waals surface area contributed by atoms with Crippen LogP contribution in [-0.4, -0.2) is 23.6 Å². The van der Waals surface area contributed by atoms with E-state index in [0.717, 1.165) is 10.5 Å². The average Bonchev–Trinajstić information content (AvgIpc) is 2.97. The van der Waals surface area contributed by atoms with Crippen LogP contribution in [0.15, 0.2) is 64.0 Å². The van der Waals surface area contributed by atoms with E-state index in [1.807, 2.05) is 0 Å². The lowest BCUT2D eigenvalue weighted by Gasteiger charge is -2.06. The Balaban J connectivity index is 1.88. The molecule has 0 aliphatic rings. The Kier molecular flexibility index (Phi) is 4.70. The number of ether oxygens (including phenoxy) is 1. The Morgan fingerprint density at radius 2 is 1.65 bits per heavy atom. The number of nitrogens with zero attached hydrogens (tertiary/aromatic N) is 2. The van der Waals surface area contributed by atoms with Crippen molar-refractivity contribution in [2.24, 2.45) is 0 Å². The van der Waals surface area contributed by atoms with Crippen molar-refractivity contribution in [3.8, 4) is 5.88 Å². The van der Waals surface area contributed by atoms with Gasteiger partial charge in [0.2, 0.25) is 5.88 Å². The van der Waals surface area contributed by atoms with Gasteiger partial charge in [-0.2, -0.15) is 8.42 Å². The summed E-state index contributed by atoms with van der Waals surface area (Å²) in [4.78, 5) is 12.1. The van der Waals surface area contributed by atoms with Gasteiger partial charge < -0.3 is 16.2 Å². The Morgan fingerprint density at radius 1 is 1.04 bits per heavy atom. The predicted molar refractivity (Wildman–Crippen MR) is 99.2 cm³/mol. The van der Waals surface area contributed by atoms with Crippen LogP contribution in [0, 0.1) is 0 Å². The van der Waals surface area contributed by atoms with E-state index in [-0.39, 0.29) is 22.2 Å². The van der Waals surface area contributed by atoms with Crippen LogP contribution in [0.5, 0.6) is 5.88 Å². The molecule has 0 unspecified atom stereocenters. The lowest BCUT2D eigenvalue weighted by molar-refractivity contribution is 0.0727. The van der Waals surface area contributed by atoms with Gasteiger partial charge in [-0.1, -0.05) is 15.9 Å². The largest absolute Gasteiger partial charge is 0.402 e. The monoisotopic (exact) mass is 436 g/mol. The third-order valence-corrected chi connectivity index (χ3v) is 5.51. The minimum Gasteiger partial charge on any atom is -0.402 e. The van der Waals surface area contributed by atoms with Gasteiger partial charge in [0.1, 0.15) is 5.82 Å². The van der Waals surface area contributed by atoms with Gasteiger partial charge in [-0.25, -0.2) is 4.79 Å². The molecule has 0 fully saturated rings. The van der Waals surface area contributed by atoms with Crippen molar-refractivity contribution < 1.29 is 17.9 Å². The molecular weight excluding hydrogens is 424 g/mol. The van der Waals surface area contributed by atoms with Crippen molar-refractivity contribution in [2.45, 2.75) is 4.90 Å². The van der Waals surface area contributed by atoms with E-state index in [0.29, 0.717) is 9.77 Å². The second kappa shape index (κ2) is 6.81. The molecule has 4 N–H and O–H groups in total. The van der Waals surface area contributed by atoms with Crippen LogP contribution in [0.2, 0.25) is 0 Å². The lowest BCUT2D eigenvalue weighted by Crippen LogP contribution is -2.17. The number of rotatable bonds is 4. The Labute approximate surface area is 157 Å². The highest BCUT2D eigenvalue weighted by Gasteiger charge is 2.23. The van der Waals surface area contributed by atoms with Crippen LogP contribution in [0.3, 0.4) is 0 Å². The van der Waals surface area contributed by atoms with Crippen LogP contribution < -0.4 is 16.2 Å². The van der Waals surface area contributed by atoms with Crippen LogP contribution in [0.1, 0.15) is 10.4 Å². The van der Waals surface area contributed by atoms with Crippen LogP contribution in [-0.2, 0) is 10.0 Å². The average molecular weight is 437 g/mol. The number of nitrogen functional groups attached to an aromatic ring is 2. The fourth-order valence-electron chi connectivity index (χ4n) is 2.08. The molecule has 1 heterocycles. The number of esters is 1. The van der Waals surface area contributed by atoms with Gasteiger partial charge in [0.15, 0.2) is 0 Å². The summed E-state index contributed by atoms with van der Waals surface area (Å²) in [7, 11) is -4.02. The molecule has 3 aromatic rings. The molecule has 0 aliphatic heterocycles. The topological polar surface area (TPSA) is 130 Å². The van der Waals surface area contributed by atoms with Gasteiger partial charge in [0, 0.05) is 16.2 Å². The molecule has 3 rings (SSSR count). The molecule has 0 atom stereocenters. The maximum atomic E-state index is 12.6. The zero-order valence-electron chi connectivity index (χ0n) is 13.2. The second-order valence-corrected chi connectivity index (χ2v) is 7.90. The standard InChI is InChI=1S/C16H13BrN4O4S/c17-11-3-7-13(8-4-11)26(23,24)21-14(19)9-15(20-21)25-16(22)10-1-5-12(18)6-2-10/h1-9H,18-19H2. The van der Waals surface area contributed by atoms with Crippen molar-refractivity contribution in [2.75, 3.05) is 11.5 Å². The maximum absolute atomic E-state index is 12.6. The zero-order valence-corrected chi connectivity index (χ0v) is 15.6. The second-order valence-electron chi connectivity index (χ2n) is 5.22. The van der Waals surface area contributed by atoms with Gasteiger partial charge in [-0.05, 0) is 48.5 Å². The smallest absolute Gasteiger partial charge is 0.344 e. The molecule has 10 heteroatoms. The van der Waals surface area contributed by atoms with E-state index in [9.17, 15) is 13.2 Å². The number of halogens is 1. The highest BCUT2D eigenvalue weighted by Crippen LogP contribution is 2.23. The summed E-state index contributed by atoms with van der Waals surface area (Å²) in [6.07, 6.45) is 0. The van der Waals surface area contributed by atoms with Crippen molar-refractivity contribution in [3.05, 3.63) is 64.6 Å². The van der Waals surface area contributed by atoms with Gasteiger partial charge >= 0.3 is 5.97 Å². The predicted octanol–water partition coefficient (Wildman–Crippen LogP) is 2.27. The van der Waals surface area contributed by atoms with Crippen molar-refractivity contribution in [1.82, 2.24) is 9.19 Å². The molecule has 0 saturated heterocycles. The number of carbonyl (C=O) groups is 1. The summed E-state index contributed by atoms with van der Waals surface area (Å²) in [5.74, 6) is -1.13. The quantitative estimate of drug-likeness (QED) is 0.473. The van der Waals surface area contributed by atoms with Crippen molar-refractivity contribution >= 4 is 43.4 Å². The molecule has 0 saturated carbocycles. The first-order valence-electron chi connectivity index (χ1n) is 7.22. The Hall–Kier alpha value is -2.85. The minimum atomic E-state index is -4.02. The van der Waals surface area contributed by atoms with E-state index < -0.39 is 16.0 Å². The van der Waals surface area contributed by atoms with E-state index >= 15 is 0 Å². The van der Waals surface area contributed by atoms with Crippen molar-refractivity contribution in [1.29, 1.82) is 0 Å². The summed E-state index contributed by atoms with van der Waals surface area (Å²) in [6.45, 7) is 0. The van der Waals surface area contributed by atoms with E-state index in [2.05, 4.69) is 21.0 Å². The first-order valence-corrected chi connectivity index (χ1v) is 9.45. The van der Waals surface area contributed by atoms with E-state index in [1.165, 1.54) is 24.3 Å². The summed E-state index contributed by atoms with van der Waals surface area (Å²) in [5.41, 5.74) is 12.0. The summed E-state index contributed by atoms with van der Waals surface area (Å²) >= 11 is 3.23. The number of hydrogen-bond acceptors (Lipinski definition) is 7. The fraction of sp³-hybridized carbons (Fsp3) is 0. The molecular formula is C16H13BrN4O4S. The molecule has 1 aromatic heterocycles. The maximum Gasteiger partial charge on any atom is 0.344 e. The number of anilines is 2. The van der Waals surface area contributed by atoms with Crippen LogP contribution in [0.4, 0.5) is 11.5 Å². The first-order chi connectivity index (χ1) is 12.3. The molecule has 0 bridgehead atoms. The molecule has 0 radical (unpaired) electrons. The van der Waals surface area contributed by atoms with Crippen molar-refractivity contribution in [3.63, 3.8) is 0 Å². The number of carbonyl (C=O) groups excluding carboxylic acids is 1. The van der Waals surface area contributed by atoms with Gasteiger partial charge in [-0.3, -0.25) is 0 Å². The Bertz CT molecular complexity index is 1060. The SMILES string of the molecule is Nc1ccc(C(=O)Oc2cc(N)n(S(=O)(=O)c3ccc(Br)cc3)n2)cc1. The van der Waals surface area contributed by atoms with Gasteiger partial charge in [-0.15, -0.1) is 9.19 Å². The van der Waals surface area contributed by atoms with Gasteiger partial charge in [0.05, 0.1) is 10.5 Å². The summed E-state index contributed by atoms with van der Waals surface area (Å²) in [5, 5.41) is 3.79. The number of aromatic nitrogens is 2. The van der Waals surface area contributed by atoms with Crippen LogP contribution >= 0.6 is 15.9 Å². The molecule has 8 nitrogen and oxygen atoms in total. The zero-order chi connectivity index (χ0) is 18.9. The fourth-order valence-corrected chi connectivity index (χ4v) is 3.54. The lowest BCUT2D eigenvalue weighted by atomic mass is 10.2. The van der Waals surface area contributed by atoms with Gasteiger partial charge in [0.25, 0.3) is 10.0 Å². The number of benzene rings is 2. The third-order valence-electron chi connectivity index (χ3n) is 3.36. The minimum absolute atomic E-state index is 0.00749. The normalized spacial score (nSPS) is 11.3. The summed E-state index contributed by atoms with van der Waals surface area (Å²) in [6, 6.07) is 13.2. The van der Waals surface area contributed by atoms with E-state index in [4.69, 9.17) is 16.2 Å². The molecule has 0 spiro atoms. The number of hydrogen-bond donors (Lipinski definition) is 2. The van der Waals surface area contributed by atoms with Crippen LogP contribution in [0.25, 0.3) is 0 Å². The number of nitrogens with two attached hydrogens (primary N) is 2. The molecule has 0 amide bonds. The van der Waals surface area contributed by atoms with E-state index in [1.54, 1.807) is 24.3 Å². The molecule has 134 valence electrons. The summed E-state index contributed by atoms with van der Waals surface area (Å²) < 4.78 is 31.7. The first kappa shape index (κ1) is 18.0. The molecule has 0 aliphatic carbocycles. The molecule has 2 aromatic carbocycles. The molecule has 26 heavy (non-hydrogen) atoms. The highest BCUT2D eigenvalue weighted by atomic mass is 79.9.